The van der Waals surface area contributed by atoms with E-state index in [0.29, 0.717) is 12.4 Å². The molecule has 4 heterocycles. The Morgan fingerprint density at radius 3 is 2.81 bits per heavy atom. The first kappa shape index (κ1) is 20.9. The van der Waals surface area contributed by atoms with Gasteiger partial charge in [0.15, 0.2) is 5.65 Å². The monoisotopic (exact) mass is 424 g/mol. The van der Waals surface area contributed by atoms with Crippen LogP contribution in [0.2, 0.25) is 0 Å². The summed E-state index contributed by atoms with van der Waals surface area (Å²) < 4.78 is 12.6. The Morgan fingerprint density at radius 2 is 2.06 bits per heavy atom. The molecule has 3 aromatic heterocycles. The number of likely N-dealkylation sites (N-methyl/N-ethyl adjacent to an activating group) is 1. The number of pyridine rings is 1. The van der Waals surface area contributed by atoms with E-state index < -0.39 is 0 Å². The quantitative estimate of drug-likeness (QED) is 0.622. The standard InChI is InChI=1S/C22H28N6O3/c1-14(2)31-22(29)26(4)16-8-9-27(13-16)20-7-6-19-23-12-18(28(19)25-20)17-10-15(3)11-24-21(17)30-5/h6-7,10-12,14,16H,8-9,13H2,1-5H3. The van der Waals surface area contributed by atoms with Crippen molar-refractivity contribution in [1.29, 1.82) is 0 Å². The fourth-order valence-corrected chi connectivity index (χ4v) is 3.82. The molecule has 0 spiro atoms. The lowest BCUT2D eigenvalue weighted by atomic mass is 10.1. The molecule has 9 heteroatoms. The van der Waals surface area contributed by atoms with E-state index in [9.17, 15) is 4.79 Å². The van der Waals surface area contributed by atoms with E-state index in [2.05, 4.69) is 14.9 Å². The number of ether oxygens (including phenoxy) is 2. The fraction of sp³-hybridized carbons (Fsp3) is 0.455. The first-order valence-corrected chi connectivity index (χ1v) is 10.4. The van der Waals surface area contributed by atoms with Gasteiger partial charge in [-0.2, -0.15) is 0 Å². The molecule has 0 bridgehead atoms. The molecule has 0 saturated carbocycles. The van der Waals surface area contributed by atoms with E-state index in [1.54, 1.807) is 31.5 Å². The lowest BCUT2D eigenvalue weighted by Gasteiger charge is -2.25. The number of nitrogens with zero attached hydrogens (tertiary/aromatic N) is 6. The van der Waals surface area contributed by atoms with Crippen LogP contribution in [-0.4, -0.2) is 70.0 Å². The average molecular weight is 425 g/mol. The van der Waals surface area contributed by atoms with Crippen molar-refractivity contribution in [3.05, 3.63) is 36.2 Å². The number of carbonyl (C=O) groups excluding carboxylic acids is 1. The predicted octanol–water partition coefficient (Wildman–Crippen LogP) is 3.16. The van der Waals surface area contributed by atoms with E-state index >= 15 is 0 Å². The molecule has 0 radical (unpaired) electrons. The Balaban J connectivity index is 1.60. The minimum atomic E-state index is -0.291. The summed E-state index contributed by atoms with van der Waals surface area (Å²) in [5, 5.41) is 4.85. The number of imidazole rings is 1. The van der Waals surface area contributed by atoms with Crippen molar-refractivity contribution in [1.82, 2.24) is 24.5 Å². The molecule has 1 amide bonds. The van der Waals surface area contributed by atoms with Gasteiger partial charge < -0.3 is 19.3 Å². The summed E-state index contributed by atoms with van der Waals surface area (Å²) >= 11 is 0. The van der Waals surface area contributed by atoms with Crippen molar-refractivity contribution in [2.24, 2.45) is 0 Å². The van der Waals surface area contributed by atoms with Crippen LogP contribution in [0.25, 0.3) is 16.9 Å². The number of carbonyl (C=O) groups is 1. The van der Waals surface area contributed by atoms with Crippen LogP contribution in [-0.2, 0) is 4.74 Å². The van der Waals surface area contributed by atoms with E-state index in [-0.39, 0.29) is 18.2 Å². The molecule has 1 saturated heterocycles. The summed E-state index contributed by atoms with van der Waals surface area (Å²) in [5.74, 6) is 1.37. The van der Waals surface area contributed by atoms with Gasteiger partial charge in [0.25, 0.3) is 0 Å². The van der Waals surface area contributed by atoms with Gasteiger partial charge in [0.05, 0.1) is 36.7 Å². The second-order valence-electron chi connectivity index (χ2n) is 8.11. The van der Waals surface area contributed by atoms with E-state index in [1.807, 2.05) is 43.5 Å². The number of fused-ring (bicyclic) bond motifs is 1. The van der Waals surface area contributed by atoms with Crippen LogP contribution in [0, 0.1) is 6.92 Å². The highest BCUT2D eigenvalue weighted by molar-refractivity contribution is 5.69. The van der Waals surface area contributed by atoms with Crippen LogP contribution in [0.1, 0.15) is 25.8 Å². The zero-order valence-electron chi connectivity index (χ0n) is 18.6. The molecule has 4 rings (SSSR count). The maximum Gasteiger partial charge on any atom is 0.410 e. The Morgan fingerprint density at radius 1 is 1.26 bits per heavy atom. The molecule has 1 aliphatic rings. The largest absolute Gasteiger partial charge is 0.481 e. The number of aryl methyl sites for hydroxylation is 1. The molecule has 164 valence electrons. The second kappa shape index (κ2) is 8.41. The van der Waals surface area contributed by atoms with Crippen molar-refractivity contribution < 1.29 is 14.3 Å². The molecule has 0 N–H and O–H groups in total. The van der Waals surface area contributed by atoms with Gasteiger partial charge in [-0.15, -0.1) is 5.10 Å². The topological polar surface area (TPSA) is 85.1 Å². The molecule has 31 heavy (non-hydrogen) atoms. The summed E-state index contributed by atoms with van der Waals surface area (Å²) in [5.41, 5.74) is 3.43. The van der Waals surface area contributed by atoms with Gasteiger partial charge in [-0.25, -0.2) is 19.3 Å². The third kappa shape index (κ3) is 4.12. The van der Waals surface area contributed by atoms with Crippen LogP contribution < -0.4 is 9.64 Å². The predicted molar refractivity (Wildman–Crippen MR) is 118 cm³/mol. The first-order valence-electron chi connectivity index (χ1n) is 10.4. The number of methoxy groups -OCH3 is 1. The number of hydrogen-bond acceptors (Lipinski definition) is 7. The van der Waals surface area contributed by atoms with Crippen LogP contribution >= 0.6 is 0 Å². The smallest absolute Gasteiger partial charge is 0.410 e. The molecular weight excluding hydrogens is 396 g/mol. The summed E-state index contributed by atoms with van der Waals surface area (Å²) in [6, 6.07) is 6.01. The maximum atomic E-state index is 12.3. The molecule has 0 aliphatic carbocycles. The van der Waals surface area contributed by atoms with Crippen LogP contribution in [0.5, 0.6) is 5.88 Å². The normalized spacial score (nSPS) is 16.2. The van der Waals surface area contributed by atoms with Crippen LogP contribution in [0.3, 0.4) is 0 Å². The fourth-order valence-electron chi connectivity index (χ4n) is 3.82. The molecule has 1 aliphatic heterocycles. The highest BCUT2D eigenvalue weighted by atomic mass is 16.6. The first-order chi connectivity index (χ1) is 14.9. The Labute approximate surface area is 181 Å². The van der Waals surface area contributed by atoms with Gasteiger partial charge in [0.2, 0.25) is 5.88 Å². The van der Waals surface area contributed by atoms with Gasteiger partial charge in [-0.1, -0.05) is 0 Å². The van der Waals surface area contributed by atoms with Crippen molar-refractivity contribution in [3.8, 4) is 17.1 Å². The summed E-state index contributed by atoms with van der Waals surface area (Å²) in [6.07, 6.45) is 3.99. The van der Waals surface area contributed by atoms with Gasteiger partial charge in [-0.3, -0.25) is 0 Å². The maximum absolute atomic E-state index is 12.3. The van der Waals surface area contributed by atoms with E-state index in [0.717, 1.165) is 41.3 Å². The number of hydrogen-bond donors (Lipinski definition) is 0. The zero-order valence-corrected chi connectivity index (χ0v) is 18.6. The third-order valence-corrected chi connectivity index (χ3v) is 5.46. The highest BCUT2D eigenvalue weighted by Crippen LogP contribution is 2.30. The summed E-state index contributed by atoms with van der Waals surface area (Å²) in [6.45, 7) is 7.20. The molecule has 9 nitrogen and oxygen atoms in total. The van der Waals surface area contributed by atoms with Gasteiger partial charge in [0.1, 0.15) is 5.82 Å². The van der Waals surface area contributed by atoms with Gasteiger partial charge >= 0.3 is 6.09 Å². The molecule has 1 unspecified atom stereocenters. The van der Waals surface area contributed by atoms with Gasteiger partial charge in [0, 0.05) is 26.3 Å². The van der Waals surface area contributed by atoms with Crippen molar-refractivity contribution in [2.75, 3.05) is 32.1 Å². The Kier molecular flexibility index (Phi) is 5.67. The zero-order chi connectivity index (χ0) is 22.1. The minimum Gasteiger partial charge on any atom is -0.481 e. The molecule has 1 fully saturated rings. The van der Waals surface area contributed by atoms with Gasteiger partial charge in [-0.05, 0) is 51.0 Å². The average Bonchev–Trinajstić information content (AvgIpc) is 3.39. The third-order valence-electron chi connectivity index (χ3n) is 5.46. The Hall–Kier alpha value is -3.36. The van der Waals surface area contributed by atoms with E-state index in [1.165, 1.54) is 0 Å². The molecule has 3 aromatic rings. The van der Waals surface area contributed by atoms with Crippen molar-refractivity contribution in [3.63, 3.8) is 0 Å². The van der Waals surface area contributed by atoms with Crippen LogP contribution in [0.15, 0.2) is 30.6 Å². The number of anilines is 1. The van der Waals surface area contributed by atoms with Crippen molar-refractivity contribution in [2.45, 2.75) is 39.3 Å². The van der Waals surface area contributed by atoms with Crippen molar-refractivity contribution >= 4 is 17.6 Å². The summed E-state index contributed by atoms with van der Waals surface area (Å²) in [7, 11) is 3.40. The van der Waals surface area contributed by atoms with E-state index in [4.69, 9.17) is 14.6 Å². The molecular formula is C22H28N6O3. The van der Waals surface area contributed by atoms with Crippen LogP contribution in [0.4, 0.5) is 10.6 Å². The Bertz CT molecular complexity index is 1100. The molecule has 1 atom stereocenters. The number of aromatic nitrogens is 4. The SMILES string of the molecule is COc1ncc(C)cc1-c1cnc2ccc(N3CCC(N(C)C(=O)OC(C)C)C3)nn12. The number of amides is 1. The lowest BCUT2D eigenvalue weighted by Crippen LogP contribution is -2.40. The second-order valence-corrected chi connectivity index (χ2v) is 8.11. The lowest BCUT2D eigenvalue weighted by molar-refractivity contribution is 0.0748. The number of rotatable bonds is 5. The summed E-state index contributed by atoms with van der Waals surface area (Å²) in [4.78, 5) is 25.0. The minimum absolute atomic E-state index is 0.0760. The molecule has 0 aromatic carbocycles. The highest BCUT2D eigenvalue weighted by Gasteiger charge is 2.30.